The Labute approximate surface area is 51.0 Å². The van der Waals surface area contributed by atoms with Crippen LogP contribution in [0.15, 0.2) is 0 Å². The Morgan fingerprint density at radius 3 is 1.89 bits per heavy atom. The maximum atomic E-state index is 11.6. The van der Waals surface area contributed by atoms with Crippen LogP contribution in [0.2, 0.25) is 0 Å². The normalized spacial score (nSPS) is 11.4. The van der Waals surface area contributed by atoms with Gasteiger partial charge in [0.25, 0.3) is 0 Å². The lowest BCUT2D eigenvalue weighted by molar-refractivity contribution is 0.0541. The standard InChI is InChI=1S/C4H8F2N2O/c5-1-4(9,2-6)3(7)8/h9H,1-2H2,(H3,7,8). The molecule has 0 aromatic rings. The number of alkyl halides is 2. The Hall–Kier alpha value is -0.710. The Morgan fingerprint density at radius 1 is 1.56 bits per heavy atom. The fraction of sp³-hybridized carbons (Fsp3) is 0.750. The van der Waals surface area contributed by atoms with E-state index < -0.39 is 24.8 Å². The van der Waals surface area contributed by atoms with Crippen LogP contribution in [0.1, 0.15) is 0 Å². The van der Waals surface area contributed by atoms with Gasteiger partial charge in [0, 0.05) is 0 Å². The minimum Gasteiger partial charge on any atom is -0.385 e. The first-order valence-corrected chi connectivity index (χ1v) is 2.25. The molecule has 4 N–H and O–H groups in total. The lowest BCUT2D eigenvalue weighted by Crippen LogP contribution is -2.47. The predicted molar refractivity (Wildman–Crippen MR) is 28.8 cm³/mol. The van der Waals surface area contributed by atoms with Crippen molar-refractivity contribution in [2.24, 2.45) is 5.73 Å². The van der Waals surface area contributed by atoms with E-state index >= 15 is 0 Å². The summed E-state index contributed by atoms with van der Waals surface area (Å²) in [5, 5.41) is 15.1. The molecule has 0 saturated heterocycles. The average molecular weight is 138 g/mol. The smallest absolute Gasteiger partial charge is 0.177 e. The summed E-state index contributed by atoms with van der Waals surface area (Å²) < 4.78 is 23.2. The van der Waals surface area contributed by atoms with E-state index in [1.54, 1.807) is 0 Å². The summed E-state index contributed by atoms with van der Waals surface area (Å²) in [4.78, 5) is 0. The van der Waals surface area contributed by atoms with Gasteiger partial charge in [0.1, 0.15) is 19.2 Å². The molecule has 0 aliphatic rings. The molecule has 0 aliphatic carbocycles. The van der Waals surface area contributed by atoms with Crippen LogP contribution in [-0.4, -0.2) is 29.9 Å². The molecule has 0 heterocycles. The summed E-state index contributed by atoms with van der Waals surface area (Å²) in [6, 6.07) is 0. The van der Waals surface area contributed by atoms with Gasteiger partial charge in [-0.15, -0.1) is 0 Å². The molecule has 54 valence electrons. The molecule has 0 saturated carbocycles. The SMILES string of the molecule is N=C(N)C(O)(CF)CF. The maximum absolute atomic E-state index is 11.6. The second-order valence-corrected chi connectivity index (χ2v) is 1.71. The van der Waals surface area contributed by atoms with E-state index in [2.05, 4.69) is 5.73 Å². The number of nitrogens with two attached hydrogens (primary N) is 1. The van der Waals surface area contributed by atoms with Gasteiger partial charge in [-0.2, -0.15) is 0 Å². The third-order valence-corrected chi connectivity index (χ3v) is 0.943. The van der Waals surface area contributed by atoms with Crippen LogP contribution in [0.4, 0.5) is 8.78 Å². The van der Waals surface area contributed by atoms with Crippen LogP contribution < -0.4 is 5.73 Å². The number of amidine groups is 1. The molecule has 0 fully saturated rings. The Balaban J connectivity index is 4.09. The monoisotopic (exact) mass is 138 g/mol. The molecule has 5 heteroatoms. The number of aliphatic hydroxyl groups is 1. The third-order valence-electron chi connectivity index (χ3n) is 0.943. The fourth-order valence-electron chi connectivity index (χ4n) is 0.180. The molecule has 0 aromatic carbocycles. The van der Waals surface area contributed by atoms with Crippen LogP contribution >= 0.6 is 0 Å². The maximum Gasteiger partial charge on any atom is 0.177 e. The molecule has 3 nitrogen and oxygen atoms in total. The zero-order valence-corrected chi connectivity index (χ0v) is 4.69. The highest BCUT2D eigenvalue weighted by atomic mass is 19.1. The van der Waals surface area contributed by atoms with Crippen molar-refractivity contribution < 1.29 is 13.9 Å². The van der Waals surface area contributed by atoms with E-state index in [1.807, 2.05) is 0 Å². The predicted octanol–water partition coefficient (Wildman–Crippen LogP) is -0.408. The summed E-state index contributed by atoms with van der Waals surface area (Å²) in [5.41, 5.74) is 2.26. The summed E-state index contributed by atoms with van der Waals surface area (Å²) >= 11 is 0. The van der Waals surface area contributed by atoms with Crippen LogP contribution in [0.25, 0.3) is 0 Å². The van der Waals surface area contributed by atoms with Crippen LogP contribution in [-0.2, 0) is 0 Å². The van der Waals surface area contributed by atoms with E-state index in [0.29, 0.717) is 0 Å². The fourth-order valence-corrected chi connectivity index (χ4v) is 0.180. The Bertz CT molecular complexity index is 113. The van der Waals surface area contributed by atoms with Gasteiger partial charge in [-0.1, -0.05) is 0 Å². The van der Waals surface area contributed by atoms with Crippen molar-refractivity contribution in [2.75, 3.05) is 13.3 Å². The zero-order valence-electron chi connectivity index (χ0n) is 4.69. The van der Waals surface area contributed by atoms with Crippen LogP contribution in [0.5, 0.6) is 0 Å². The number of halogens is 2. The largest absolute Gasteiger partial charge is 0.385 e. The zero-order chi connectivity index (χ0) is 7.49. The molecule has 0 spiro atoms. The third kappa shape index (κ3) is 1.60. The van der Waals surface area contributed by atoms with Gasteiger partial charge < -0.3 is 10.8 Å². The van der Waals surface area contributed by atoms with Gasteiger partial charge in [0.05, 0.1) is 0 Å². The van der Waals surface area contributed by atoms with E-state index in [4.69, 9.17) is 10.5 Å². The lowest BCUT2D eigenvalue weighted by atomic mass is 10.1. The lowest BCUT2D eigenvalue weighted by Gasteiger charge is -2.17. The van der Waals surface area contributed by atoms with Gasteiger partial charge in [-0.05, 0) is 0 Å². The number of hydrogen-bond acceptors (Lipinski definition) is 2. The highest BCUT2D eigenvalue weighted by Gasteiger charge is 2.30. The number of nitrogens with one attached hydrogen (secondary N) is 1. The highest BCUT2D eigenvalue weighted by molar-refractivity contribution is 5.86. The van der Waals surface area contributed by atoms with Crippen LogP contribution in [0, 0.1) is 5.41 Å². The first-order chi connectivity index (χ1) is 4.06. The minimum absolute atomic E-state index is 0.882. The van der Waals surface area contributed by atoms with E-state index in [-0.39, 0.29) is 0 Å². The molecular weight excluding hydrogens is 130 g/mol. The first kappa shape index (κ1) is 8.29. The quantitative estimate of drug-likeness (QED) is 0.366. The van der Waals surface area contributed by atoms with E-state index in [9.17, 15) is 8.78 Å². The number of hydrogen-bond donors (Lipinski definition) is 3. The van der Waals surface area contributed by atoms with Crippen molar-refractivity contribution in [1.82, 2.24) is 0 Å². The molecule has 0 radical (unpaired) electrons. The topological polar surface area (TPSA) is 70.1 Å². The summed E-state index contributed by atoms with van der Waals surface area (Å²) in [5.74, 6) is -0.882. The molecular formula is C4H8F2N2O. The van der Waals surface area contributed by atoms with Crippen molar-refractivity contribution in [3.05, 3.63) is 0 Å². The molecule has 9 heavy (non-hydrogen) atoms. The second kappa shape index (κ2) is 2.72. The van der Waals surface area contributed by atoms with E-state index in [0.717, 1.165) is 0 Å². The minimum atomic E-state index is -2.39. The average Bonchev–Trinajstić information content (AvgIpc) is 1.86. The highest BCUT2D eigenvalue weighted by Crippen LogP contribution is 2.04. The van der Waals surface area contributed by atoms with Crippen molar-refractivity contribution in [3.8, 4) is 0 Å². The van der Waals surface area contributed by atoms with Crippen molar-refractivity contribution in [3.63, 3.8) is 0 Å². The van der Waals surface area contributed by atoms with Crippen LogP contribution in [0.3, 0.4) is 0 Å². The Morgan fingerprint density at radius 2 is 1.89 bits per heavy atom. The van der Waals surface area contributed by atoms with Crippen molar-refractivity contribution in [1.29, 1.82) is 5.41 Å². The second-order valence-electron chi connectivity index (χ2n) is 1.71. The van der Waals surface area contributed by atoms with Gasteiger partial charge in [-0.25, -0.2) is 8.78 Å². The molecule has 0 bridgehead atoms. The first-order valence-electron chi connectivity index (χ1n) is 2.25. The summed E-state index contributed by atoms with van der Waals surface area (Å²) in [6.07, 6.45) is 0. The van der Waals surface area contributed by atoms with Crippen molar-refractivity contribution >= 4 is 5.84 Å². The van der Waals surface area contributed by atoms with Gasteiger partial charge >= 0.3 is 0 Å². The summed E-state index contributed by atoms with van der Waals surface area (Å²) in [7, 11) is 0. The number of rotatable bonds is 3. The van der Waals surface area contributed by atoms with E-state index in [1.165, 1.54) is 0 Å². The Kier molecular flexibility index (Phi) is 2.51. The molecule has 0 amide bonds. The molecule has 0 unspecified atom stereocenters. The molecule has 0 rings (SSSR count). The van der Waals surface area contributed by atoms with Crippen molar-refractivity contribution in [2.45, 2.75) is 5.60 Å². The molecule has 0 atom stereocenters. The van der Waals surface area contributed by atoms with Gasteiger partial charge in [-0.3, -0.25) is 5.41 Å². The molecule has 0 aromatic heterocycles. The summed E-state index contributed by atoms with van der Waals surface area (Å²) in [6.45, 7) is -2.72. The van der Waals surface area contributed by atoms with Gasteiger partial charge in [0.2, 0.25) is 0 Å². The van der Waals surface area contributed by atoms with Gasteiger partial charge in [0.15, 0.2) is 5.60 Å². The molecule has 0 aliphatic heterocycles.